The summed E-state index contributed by atoms with van der Waals surface area (Å²) in [6.07, 6.45) is 1.20. The molecule has 1 unspecified atom stereocenters. The quantitative estimate of drug-likeness (QED) is 0.580. The van der Waals surface area contributed by atoms with E-state index in [4.69, 9.17) is 8.85 Å². The molecule has 0 radical (unpaired) electrons. The molecular formula is C20H15FO2S. The molecule has 1 atom stereocenters. The van der Waals surface area contributed by atoms with Crippen molar-refractivity contribution >= 4 is 35.0 Å². The van der Waals surface area contributed by atoms with Crippen LogP contribution in [-0.4, -0.2) is 17.8 Å². The monoisotopic (exact) mass is 341 g/mol. The van der Waals surface area contributed by atoms with E-state index in [1.807, 2.05) is 18.2 Å². The summed E-state index contributed by atoms with van der Waals surface area (Å²) in [4.78, 5) is 12.5. The van der Waals surface area contributed by atoms with E-state index in [2.05, 4.69) is 0 Å². The second kappa shape index (κ2) is 5.35. The molecule has 4 rings (SSSR count). The van der Waals surface area contributed by atoms with E-state index in [1.165, 1.54) is 18.2 Å². The fraction of sp³-hybridized carbons (Fsp3) is 0.150. The highest BCUT2D eigenvalue weighted by Crippen LogP contribution is 2.53. The number of hydrogen-bond donors (Lipinski definition) is 0. The summed E-state index contributed by atoms with van der Waals surface area (Å²) in [6, 6.07) is 11.6. The number of rotatable bonds is 2. The molecule has 24 heavy (non-hydrogen) atoms. The minimum atomic E-state index is -2.10. The van der Waals surface area contributed by atoms with Crippen LogP contribution < -0.4 is 0 Å². The van der Waals surface area contributed by atoms with Gasteiger partial charge in [-0.25, -0.2) is 9.18 Å². The molecule has 0 saturated carbocycles. The summed E-state index contributed by atoms with van der Waals surface area (Å²) < 4.78 is 41.3. The lowest BCUT2D eigenvalue weighted by molar-refractivity contribution is -0.140. The average Bonchev–Trinajstić information content (AvgIpc) is 2.98. The van der Waals surface area contributed by atoms with E-state index in [0.717, 1.165) is 28.5 Å². The largest absolute Gasteiger partial charge is 0.446 e. The Labute approximate surface area is 148 Å². The minimum absolute atomic E-state index is 0.372. The van der Waals surface area contributed by atoms with Gasteiger partial charge in [-0.15, -0.1) is 11.8 Å². The van der Waals surface area contributed by atoms with Crippen LogP contribution in [0.1, 0.15) is 27.7 Å². The number of hydrogen-bond acceptors (Lipinski definition) is 3. The second-order valence-electron chi connectivity index (χ2n) is 5.93. The fourth-order valence-electron chi connectivity index (χ4n) is 3.32. The van der Waals surface area contributed by atoms with Crippen LogP contribution in [0.25, 0.3) is 17.2 Å². The van der Waals surface area contributed by atoms with Gasteiger partial charge in [-0.3, -0.25) is 0 Å². The van der Waals surface area contributed by atoms with Gasteiger partial charge in [0, 0.05) is 26.2 Å². The van der Waals surface area contributed by atoms with Gasteiger partial charge >= 0.3 is 5.97 Å². The smallest absolute Gasteiger partial charge is 0.332 e. The van der Waals surface area contributed by atoms with Crippen LogP contribution in [0.2, 0.25) is 0 Å². The van der Waals surface area contributed by atoms with Crippen molar-refractivity contribution in [2.75, 3.05) is 6.18 Å². The molecule has 2 aromatic carbocycles. The van der Waals surface area contributed by atoms with Gasteiger partial charge in [-0.05, 0) is 60.1 Å². The lowest BCUT2D eigenvalue weighted by Gasteiger charge is -2.23. The van der Waals surface area contributed by atoms with Gasteiger partial charge in [0.15, 0.2) is 5.60 Å². The van der Waals surface area contributed by atoms with E-state index >= 15 is 0 Å². The van der Waals surface area contributed by atoms with E-state index < -0.39 is 17.8 Å². The van der Waals surface area contributed by atoms with Crippen LogP contribution in [0.3, 0.4) is 0 Å². The summed E-state index contributed by atoms with van der Waals surface area (Å²) in [5.41, 5.74) is 2.77. The first-order valence-electron chi connectivity index (χ1n) is 8.92. The fourth-order valence-corrected chi connectivity index (χ4v) is 3.59. The van der Waals surface area contributed by atoms with Gasteiger partial charge in [0.05, 0.1) is 0 Å². The van der Waals surface area contributed by atoms with Crippen molar-refractivity contribution in [1.29, 1.82) is 0 Å². The van der Waals surface area contributed by atoms with Crippen molar-refractivity contribution in [1.82, 2.24) is 0 Å². The van der Waals surface area contributed by atoms with Crippen LogP contribution >= 0.6 is 11.8 Å². The van der Waals surface area contributed by atoms with Crippen molar-refractivity contribution in [3.8, 4) is 0 Å². The topological polar surface area (TPSA) is 26.3 Å². The zero-order chi connectivity index (χ0) is 19.4. The van der Waals surface area contributed by atoms with Crippen molar-refractivity contribution in [3.05, 3.63) is 71.0 Å². The van der Waals surface area contributed by atoms with Crippen LogP contribution in [-0.2, 0) is 9.53 Å². The molecule has 0 saturated heterocycles. The molecule has 1 aliphatic carbocycles. The number of esters is 1. The lowest BCUT2D eigenvalue weighted by atomic mass is 9.92. The van der Waals surface area contributed by atoms with E-state index in [0.29, 0.717) is 16.0 Å². The van der Waals surface area contributed by atoms with Gasteiger partial charge in [0.1, 0.15) is 5.82 Å². The highest BCUT2D eigenvalue weighted by atomic mass is 32.2. The van der Waals surface area contributed by atoms with Crippen molar-refractivity contribution in [3.63, 3.8) is 0 Å². The van der Waals surface area contributed by atoms with Crippen LogP contribution in [0.15, 0.2) is 53.4 Å². The minimum Gasteiger partial charge on any atom is -0.446 e. The van der Waals surface area contributed by atoms with Gasteiger partial charge in [-0.1, -0.05) is 18.2 Å². The highest BCUT2D eigenvalue weighted by Gasteiger charge is 2.49. The molecule has 2 aromatic rings. The first-order chi connectivity index (χ1) is 12.7. The van der Waals surface area contributed by atoms with Crippen molar-refractivity contribution in [2.24, 2.45) is 0 Å². The SMILES string of the molecule is [2H]C([2H])([2H])Sc1ccc(/C=C2\c3ccc(F)cc3C3=CC(=O)OC32C)cc1. The first kappa shape index (κ1) is 12.1. The third kappa shape index (κ3) is 2.21. The van der Waals surface area contributed by atoms with Crippen molar-refractivity contribution in [2.45, 2.75) is 17.4 Å². The average molecular weight is 341 g/mol. The standard InChI is InChI=1S/C20H15FO2S/c1-20-17(9-12-3-6-14(24-2)7-4-12)15-8-5-13(21)10-16(15)18(20)11-19(22)23-20/h3-11H,1-2H3/b17-9+/i2D3. The van der Waals surface area contributed by atoms with E-state index in [1.54, 1.807) is 25.1 Å². The maximum atomic E-state index is 13.8. The summed E-state index contributed by atoms with van der Waals surface area (Å²) in [7, 11) is 0. The van der Waals surface area contributed by atoms with Crippen LogP contribution in [0, 0.1) is 5.82 Å². The molecule has 0 spiro atoms. The number of fused-ring (bicyclic) bond motifs is 3. The van der Waals surface area contributed by atoms with Gasteiger partial charge in [0.25, 0.3) is 0 Å². The normalized spacial score (nSPS) is 25.4. The molecular weight excluding hydrogens is 323 g/mol. The van der Waals surface area contributed by atoms with Crippen LogP contribution in [0.4, 0.5) is 4.39 Å². The Morgan fingerprint density at radius 1 is 1.21 bits per heavy atom. The Hall–Kier alpha value is -2.33. The summed E-state index contributed by atoms with van der Waals surface area (Å²) >= 11 is 0.817. The zero-order valence-corrected chi connectivity index (χ0v) is 13.6. The Kier molecular flexibility index (Phi) is 2.69. The van der Waals surface area contributed by atoms with E-state index in [-0.39, 0.29) is 5.82 Å². The first-order valence-corrected chi connectivity index (χ1v) is 8.24. The third-order valence-electron chi connectivity index (χ3n) is 4.47. The van der Waals surface area contributed by atoms with Crippen molar-refractivity contribution < 1.29 is 18.0 Å². The number of carbonyl (C=O) groups is 1. The number of halogens is 1. The maximum absolute atomic E-state index is 13.8. The lowest BCUT2D eigenvalue weighted by Crippen LogP contribution is -2.24. The number of thioether (sulfide) groups is 1. The Morgan fingerprint density at radius 3 is 2.75 bits per heavy atom. The summed E-state index contributed by atoms with van der Waals surface area (Å²) in [5.74, 6) is -0.818. The molecule has 2 nitrogen and oxygen atoms in total. The highest BCUT2D eigenvalue weighted by molar-refractivity contribution is 7.98. The number of ether oxygens (including phenoxy) is 1. The molecule has 0 bridgehead atoms. The Balaban J connectivity index is 1.77. The van der Waals surface area contributed by atoms with Gasteiger partial charge in [0.2, 0.25) is 0 Å². The molecule has 0 fully saturated rings. The van der Waals surface area contributed by atoms with E-state index in [9.17, 15) is 9.18 Å². The Bertz CT molecular complexity index is 1010. The number of benzene rings is 2. The Morgan fingerprint density at radius 2 is 2.00 bits per heavy atom. The second-order valence-corrected chi connectivity index (χ2v) is 6.61. The van der Waals surface area contributed by atoms with Crippen LogP contribution in [0.5, 0.6) is 0 Å². The molecule has 1 heterocycles. The summed E-state index contributed by atoms with van der Waals surface area (Å²) in [6.45, 7) is 1.80. The summed E-state index contributed by atoms with van der Waals surface area (Å²) in [5, 5.41) is 0. The third-order valence-corrected chi connectivity index (χ3v) is 4.97. The number of carbonyl (C=O) groups excluding carboxylic acids is 1. The molecule has 0 amide bonds. The van der Waals surface area contributed by atoms with Gasteiger partial charge < -0.3 is 4.74 Å². The molecule has 0 aromatic heterocycles. The predicted molar refractivity (Wildman–Crippen MR) is 95.0 cm³/mol. The maximum Gasteiger partial charge on any atom is 0.332 e. The molecule has 0 N–H and O–H groups in total. The predicted octanol–water partition coefficient (Wildman–Crippen LogP) is 4.80. The molecule has 2 aliphatic rings. The molecule has 120 valence electrons. The zero-order valence-electron chi connectivity index (χ0n) is 15.8. The molecule has 1 aliphatic heterocycles. The molecule has 4 heteroatoms. The van der Waals surface area contributed by atoms with Gasteiger partial charge in [-0.2, -0.15) is 0 Å².